The normalized spacial score (nSPS) is 25.9. The first kappa shape index (κ1) is 12.0. The van der Waals surface area contributed by atoms with Crippen molar-refractivity contribution < 1.29 is 0 Å². The summed E-state index contributed by atoms with van der Waals surface area (Å²) in [7, 11) is 0. The molecule has 2 unspecified atom stereocenters. The third-order valence-corrected chi connectivity index (χ3v) is 4.74. The number of hydrogen-bond donors (Lipinski definition) is 2. The number of halogens is 1. The van der Waals surface area contributed by atoms with E-state index in [1.165, 1.54) is 22.3 Å². The number of hydrogen-bond acceptors (Lipinski definition) is 2. The summed E-state index contributed by atoms with van der Waals surface area (Å²) >= 11 is 6.15. The zero-order valence-electron chi connectivity index (χ0n) is 11.0. The molecule has 3 N–H and O–H groups in total. The summed E-state index contributed by atoms with van der Waals surface area (Å²) in [5.41, 5.74) is 11.3. The Morgan fingerprint density at radius 1 is 1.25 bits per heavy atom. The maximum atomic E-state index is 6.22. The van der Waals surface area contributed by atoms with Crippen molar-refractivity contribution in [3.05, 3.63) is 82.0 Å². The molecule has 4 rings (SSSR count). The summed E-state index contributed by atoms with van der Waals surface area (Å²) < 4.78 is 0. The Labute approximate surface area is 123 Å². The SMILES string of the molecule is C=C(N)C12NC(Cc3cc(Cl)ccc31)c1ccccc12. The Kier molecular flexibility index (Phi) is 2.33. The van der Waals surface area contributed by atoms with E-state index in [1.54, 1.807) is 0 Å². The van der Waals surface area contributed by atoms with E-state index in [0.29, 0.717) is 5.70 Å². The van der Waals surface area contributed by atoms with Crippen molar-refractivity contribution in [2.24, 2.45) is 5.73 Å². The molecule has 0 aliphatic carbocycles. The van der Waals surface area contributed by atoms with Crippen molar-refractivity contribution in [1.29, 1.82) is 0 Å². The number of benzene rings is 2. The Bertz CT molecular complexity index is 738. The summed E-state index contributed by atoms with van der Waals surface area (Å²) in [4.78, 5) is 0. The molecule has 0 radical (unpaired) electrons. The lowest BCUT2D eigenvalue weighted by atomic mass is 9.79. The van der Waals surface area contributed by atoms with Crippen LogP contribution in [0.15, 0.2) is 54.7 Å². The monoisotopic (exact) mass is 282 g/mol. The van der Waals surface area contributed by atoms with Crippen molar-refractivity contribution in [2.75, 3.05) is 0 Å². The topological polar surface area (TPSA) is 38.0 Å². The molecule has 20 heavy (non-hydrogen) atoms. The van der Waals surface area contributed by atoms with Crippen molar-refractivity contribution >= 4 is 11.6 Å². The quantitative estimate of drug-likeness (QED) is 0.843. The van der Waals surface area contributed by atoms with Crippen LogP contribution in [-0.4, -0.2) is 0 Å². The Morgan fingerprint density at radius 2 is 2.05 bits per heavy atom. The summed E-state index contributed by atoms with van der Waals surface area (Å²) in [6.07, 6.45) is 0.932. The molecule has 2 heterocycles. The summed E-state index contributed by atoms with van der Waals surface area (Å²) in [6.45, 7) is 4.05. The molecule has 3 heteroatoms. The van der Waals surface area contributed by atoms with E-state index in [1.807, 2.05) is 12.1 Å². The molecule has 2 aliphatic heterocycles. The number of nitrogens with one attached hydrogen (secondary N) is 1. The minimum Gasteiger partial charge on any atom is -0.400 e. The van der Waals surface area contributed by atoms with E-state index in [-0.39, 0.29) is 6.04 Å². The zero-order chi connectivity index (χ0) is 13.9. The molecule has 0 saturated carbocycles. The van der Waals surface area contributed by atoms with Gasteiger partial charge in [0.2, 0.25) is 0 Å². The van der Waals surface area contributed by atoms with Crippen LogP contribution in [-0.2, 0) is 12.0 Å². The van der Waals surface area contributed by atoms with Gasteiger partial charge in [0.1, 0.15) is 5.54 Å². The van der Waals surface area contributed by atoms with Gasteiger partial charge in [-0.1, -0.05) is 48.5 Å². The first-order valence-corrected chi connectivity index (χ1v) is 7.11. The minimum absolute atomic E-state index is 0.275. The molecular weight excluding hydrogens is 268 g/mol. The highest BCUT2D eigenvalue weighted by molar-refractivity contribution is 6.30. The Hall–Kier alpha value is -1.77. The Morgan fingerprint density at radius 3 is 2.85 bits per heavy atom. The van der Waals surface area contributed by atoms with Gasteiger partial charge in [-0.2, -0.15) is 0 Å². The van der Waals surface area contributed by atoms with Gasteiger partial charge in [-0.05, 0) is 40.8 Å². The van der Waals surface area contributed by atoms with Crippen LogP contribution in [0.25, 0.3) is 0 Å². The van der Waals surface area contributed by atoms with Crippen molar-refractivity contribution in [3.8, 4) is 0 Å². The molecule has 2 bridgehead atoms. The van der Waals surface area contributed by atoms with Crippen LogP contribution in [0.2, 0.25) is 5.02 Å². The largest absolute Gasteiger partial charge is 0.400 e. The molecule has 2 aromatic carbocycles. The van der Waals surface area contributed by atoms with Gasteiger partial charge in [-0.25, -0.2) is 0 Å². The molecule has 2 nitrogen and oxygen atoms in total. The van der Waals surface area contributed by atoms with Crippen molar-refractivity contribution in [3.63, 3.8) is 0 Å². The van der Waals surface area contributed by atoms with Gasteiger partial charge in [0.05, 0.1) is 0 Å². The second-order valence-corrected chi connectivity index (χ2v) is 6.00. The van der Waals surface area contributed by atoms with Crippen LogP contribution < -0.4 is 11.1 Å². The molecule has 2 atom stereocenters. The van der Waals surface area contributed by atoms with Gasteiger partial charge in [0.25, 0.3) is 0 Å². The third-order valence-electron chi connectivity index (χ3n) is 4.51. The average Bonchev–Trinajstić information content (AvgIpc) is 2.71. The van der Waals surface area contributed by atoms with Crippen LogP contribution in [0.1, 0.15) is 28.3 Å². The zero-order valence-corrected chi connectivity index (χ0v) is 11.7. The molecule has 0 fully saturated rings. The van der Waals surface area contributed by atoms with E-state index >= 15 is 0 Å². The smallest absolute Gasteiger partial charge is 0.110 e. The average molecular weight is 283 g/mol. The maximum Gasteiger partial charge on any atom is 0.110 e. The molecule has 0 aromatic heterocycles. The first-order valence-electron chi connectivity index (χ1n) is 6.74. The molecule has 0 saturated heterocycles. The van der Waals surface area contributed by atoms with Crippen LogP contribution in [0, 0.1) is 0 Å². The molecule has 2 aromatic rings. The highest BCUT2D eigenvalue weighted by Gasteiger charge is 2.49. The minimum atomic E-state index is -0.473. The fraction of sp³-hybridized carbons (Fsp3) is 0.176. The lowest BCUT2D eigenvalue weighted by molar-refractivity contribution is 0.406. The van der Waals surface area contributed by atoms with E-state index < -0.39 is 5.54 Å². The van der Waals surface area contributed by atoms with Gasteiger partial charge < -0.3 is 5.73 Å². The predicted molar refractivity (Wildman–Crippen MR) is 81.6 cm³/mol. The molecule has 100 valence electrons. The highest BCUT2D eigenvalue weighted by Crippen LogP contribution is 2.50. The van der Waals surface area contributed by atoms with Crippen LogP contribution in [0.4, 0.5) is 0 Å². The molecule has 0 amide bonds. The van der Waals surface area contributed by atoms with E-state index in [0.717, 1.165) is 11.4 Å². The number of nitrogens with two attached hydrogens (primary N) is 1. The fourth-order valence-electron chi connectivity index (χ4n) is 3.70. The predicted octanol–water partition coefficient (Wildman–Crippen LogP) is 3.26. The lowest BCUT2D eigenvalue weighted by Gasteiger charge is -2.38. The third kappa shape index (κ3) is 1.33. The Balaban J connectivity index is 2.08. The van der Waals surface area contributed by atoms with Gasteiger partial charge in [-0.15, -0.1) is 0 Å². The van der Waals surface area contributed by atoms with E-state index in [4.69, 9.17) is 17.3 Å². The van der Waals surface area contributed by atoms with Gasteiger partial charge in [-0.3, -0.25) is 5.32 Å². The van der Waals surface area contributed by atoms with Gasteiger partial charge >= 0.3 is 0 Å². The fourth-order valence-corrected chi connectivity index (χ4v) is 3.89. The number of rotatable bonds is 1. The second kappa shape index (κ2) is 3.87. The lowest BCUT2D eigenvalue weighted by Crippen LogP contribution is -2.47. The van der Waals surface area contributed by atoms with Gasteiger partial charge in [0.15, 0.2) is 0 Å². The summed E-state index contributed by atoms with van der Waals surface area (Å²) in [5.74, 6) is 0. The standard InChI is InChI=1S/C17H15ClN2/c1-10(19)17-14-7-6-12(18)8-11(14)9-16(20-17)13-4-2-3-5-15(13)17/h2-8,16,20H,1,9,19H2. The van der Waals surface area contributed by atoms with Crippen LogP contribution in [0.3, 0.4) is 0 Å². The summed E-state index contributed by atoms with van der Waals surface area (Å²) in [5, 5.41) is 4.45. The van der Waals surface area contributed by atoms with Crippen LogP contribution >= 0.6 is 11.6 Å². The van der Waals surface area contributed by atoms with E-state index in [2.05, 4.69) is 42.2 Å². The number of fused-ring (bicyclic) bond motifs is 7. The maximum absolute atomic E-state index is 6.22. The molecular formula is C17H15ClN2. The second-order valence-electron chi connectivity index (χ2n) is 5.57. The van der Waals surface area contributed by atoms with Crippen LogP contribution in [0.5, 0.6) is 0 Å². The van der Waals surface area contributed by atoms with Crippen molar-refractivity contribution in [2.45, 2.75) is 18.0 Å². The first-order chi connectivity index (χ1) is 9.63. The van der Waals surface area contributed by atoms with Gasteiger partial charge in [0, 0.05) is 16.8 Å². The highest BCUT2D eigenvalue weighted by atomic mass is 35.5. The summed E-state index contributed by atoms with van der Waals surface area (Å²) in [6, 6.07) is 14.8. The molecule has 2 aliphatic rings. The molecule has 0 spiro atoms. The van der Waals surface area contributed by atoms with E-state index in [9.17, 15) is 0 Å². The van der Waals surface area contributed by atoms with Crippen molar-refractivity contribution in [1.82, 2.24) is 5.32 Å².